The second kappa shape index (κ2) is 8.53. The molecule has 2 aliphatic rings. The summed E-state index contributed by atoms with van der Waals surface area (Å²) in [6, 6.07) is 10.8. The van der Waals surface area contributed by atoms with Gasteiger partial charge in [-0.25, -0.2) is 27.2 Å². The molecule has 0 saturated heterocycles. The van der Waals surface area contributed by atoms with Gasteiger partial charge in [0.1, 0.15) is 22.2 Å². The summed E-state index contributed by atoms with van der Waals surface area (Å²) in [5.74, 6) is -2.90. The van der Waals surface area contributed by atoms with E-state index in [9.17, 15) is 22.0 Å². The van der Waals surface area contributed by atoms with Crippen molar-refractivity contribution in [1.29, 1.82) is 0 Å². The first-order chi connectivity index (χ1) is 16.7. The van der Waals surface area contributed by atoms with E-state index in [2.05, 4.69) is 9.97 Å². The molecule has 7 nitrogen and oxygen atoms in total. The maximum atomic E-state index is 14.2. The van der Waals surface area contributed by atoms with E-state index in [4.69, 9.17) is 10.5 Å². The van der Waals surface area contributed by atoms with E-state index in [1.807, 2.05) is 0 Å². The molecule has 1 spiro atoms. The molecule has 1 fully saturated rings. The molecule has 0 unspecified atom stereocenters. The molecule has 2 aromatic carbocycles. The Morgan fingerprint density at radius 2 is 1.71 bits per heavy atom. The Morgan fingerprint density at radius 3 is 2.40 bits per heavy atom. The lowest BCUT2D eigenvalue weighted by atomic mass is 9.89. The van der Waals surface area contributed by atoms with E-state index in [1.165, 1.54) is 18.3 Å². The molecule has 1 saturated carbocycles. The molecule has 1 aliphatic heterocycles. The van der Waals surface area contributed by atoms with Crippen molar-refractivity contribution in [2.24, 2.45) is 0 Å². The Bertz CT molecular complexity index is 1460. The first-order valence-electron chi connectivity index (χ1n) is 11.0. The molecule has 2 N–H and O–H groups in total. The Hall–Kier alpha value is -3.66. The zero-order chi connectivity index (χ0) is 24.8. The molecular weight excluding hydrogens is 476 g/mol. The van der Waals surface area contributed by atoms with Crippen molar-refractivity contribution in [2.75, 3.05) is 5.73 Å². The van der Waals surface area contributed by atoms with Crippen LogP contribution in [0.3, 0.4) is 0 Å². The lowest BCUT2D eigenvalue weighted by Crippen LogP contribution is -2.33. The van der Waals surface area contributed by atoms with E-state index in [1.54, 1.807) is 18.2 Å². The molecule has 35 heavy (non-hydrogen) atoms. The SMILES string of the molecule is Nc1nccc(C2=C(c3cccc(CS(=O)(=O)c4c(F)cccc4F)c3)C(=O)C3(CCCC3)O2)n1. The fraction of sp³-hybridized carbons (Fsp3) is 0.240. The molecule has 0 amide bonds. The highest BCUT2D eigenvalue weighted by Crippen LogP contribution is 2.48. The van der Waals surface area contributed by atoms with Crippen LogP contribution in [0.5, 0.6) is 0 Å². The summed E-state index contributed by atoms with van der Waals surface area (Å²) in [6.07, 6.45) is 4.25. The first kappa shape index (κ1) is 23.1. The van der Waals surface area contributed by atoms with Crippen molar-refractivity contribution in [3.8, 4) is 0 Å². The summed E-state index contributed by atoms with van der Waals surface area (Å²) < 4.78 is 60.3. The van der Waals surface area contributed by atoms with Gasteiger partial charge in [-0.2, -0.15) is 0 Å². The number of benzene rings is 2. The summed E-state index contributed by atoms with van der Waals surface area (Å²) in [4.78, 5) is 20.8. The average Bonchev–Trinajstić information content (AvgIpc) is 3.39. The Morgan fingerprint density at radius 1 is 1.03 bits per heavy atom. The minimum atomic E-state index is -4.34. The van der Waals surface area contributed by atoms with E-state index in [-0.39, 0.29) is 28.6 Å². The molecule has 0 atom stereocenters. The summed E-state index contributed by atoms with van der Waals surface area (Å²) >= 11 is 0. The number of hydrogen-bond donors (Lipinski definition) is 1. The van der Waals surface area contributed by atoms with Crippen molar-refractivity contribution < 1.29 is 26.7 Å². The minimum absolute atomic E-state index is 0.0181. The van der Waals surface area contributed by atoms with Crippen LogP contribution in [-0.4, -0.2) is 29.8 Å². The van der Waals surface area contributed by atoms with Gasteiger partial charge in [-0.05, 0) is 61.1 Å². The fourth-order valence-electron chi connectivity index (χ4n) is 4.73. The number of aromatic nitrogens is 2. The Kier molecular flexibility index (Phi) is 5.63. The number of nitrogens with two attached hydrogens (primary N) is 1. The van der Waals surface area contributed by atoms with Crippen molar-refractivity contribution in [1.82, 2.24) is 9.97 Å². The maximum Gasteiger partial charge on any atom is 0.220 e. The van der Waals surface area contributed by atoms with E-state index >= 15 is 0 Å². The van der Waals surface area contributed by atoms with Gasteiger partial charge in [0.05, 0.1) is 11.3 Å². The number of sulfone groups is 1. The van der Waals surface area contributed by atoms with Crippen molar-refractivity contribution in [3.63, 3.8) is 0 Å². The van der Waals surface area contributed by atoms with Gasteiger partial charge in [0, 0.05) is 6.20 Å². The Balaban J connectivity index is 1.58. The molecule has 1 aliphatic carbocycles. The molecular formula is C25H21F2N3O4S. The van der Waals surface area contributed by atoms with Crippen molar-refractivity contribution in [2.45, 2.75) is 41.9 Å². The van der Waals surface area contributed by atoms with E-state index in [0.717, 1.165) is 31.0 Å². The van der Waals surface area contributed by atoms with Crippen molar-refractivity contribution in [3.05, 3.63) is 83.2 Å². The van der Waals surface area contributed by atoms with Gasteiger partial charge in [0.2, 0.25) is 11.7 Å². The van der Waals surface area contributed by atoms with Gasteiger partial charge in [0.25, 0.3) is 0 Å². The number of Topliss-reactive ketones (excluding diaryl/α,β-unsaturated/α-hetero) is 1. The number of ether oxygens (including phenoxy) is 1. The molecule has 2 heterocycles. The van der Waals surface area contributed by atoms with Gasteiger partial charge < -0.3 is 10.5 Å². The number of carbonyl (C=O) groups excluding carboxylic acids is 1. The number of ketones is 1. The third kappa shape index (κ3) is 4.07. The number of anilines is 1. The van der Waals surface area contributed by atoms with Crippen LogP contribution in [0.25, 0.3) is 11.3 Å². The minimum Gasteiger partial charge on any atom is -0.476 e. The maximum absolute atomic E-state index is 14.2. The van der Waals surface area contributed by atoms with Gasteiger partial charge in [-0.1, -0.05) is 24.3 Å². The quantitative estimate of drug-likeness (QED) is 0.565. The van der Waals surface area contributed by atoms with Crippen LogP contribution in [0.15, 0.2) is 59.6 Å². The zero-order valence-electron chi connectivity index (χ0n) is 18.5. The molecule has 0 bridgehead atoms. The normalized spacial score (nSPS) is 17.3. The first-order valence-corrected chi connectivity index (χ1v) is 12.7. The smallest absolute Gasteiger partial charge is 0.220 e. The van der Waals surface area contributed by atoms with E-state index < -0.39 is 37.7 Å². The second-order valence-corrected chi connectivity index (χ2v) is 10.6. The van der Waals surface area contributed by atoms with Gasteiger partial charge >= 0.3 is 0 Å². The number of carbonyl (C=O) groups is 1. The lowest BCUT2D eigenvalue weighted by molar-refractivity contribution is -0.127. The van der Waals surface area contributed by atoms with Crippen molar-refractivity contribution >= 4 is 32.9 Å². The fourth-order valence-corrected chi connectivity index (χ4v) is 6.22. The van der Waals surface area contributed by atoms with Crippen LogP contribution in [0.2, 0.25) is 0 Å². The van der Waals surface area contributed by atoms with Crippen LogP contribution >= 0.6 is 0 Å². The zero-order valence-corrected chi connectivity index (χ0v) is 19.3. The largest absolute Gasteiger partial charge is 0.476 e. The number of halogens is 2. The van der Waals surface area contributed by atoms with Crippen LogP contribution in [0, 0.1) is 11.6 Å². The second-order valence-electron chi connectivity index (χ2n) is 8.65. The van der Waals surface area contributed by atoms with Gasteiger partial charge in [0.15, 0.2) is 21.2 Å². The summed E-state index contributed by atoms with van der Waals surface area (Å²) in [5.41, 5.74) is 6.05. The molecule has 3 aromatic rings. The third-order valence-corrected chi connectivity index (χ3v) is 8.01. The van der Waals surface area contributed by atoms with Gasteiger partial charge in [-0.15, -0.1) is 0 Å². The van der Waals surface area contributed by atoms with Crippen LogP contribution in [0.1, 0.15) is 42.5 Å². The average molecular weight is 498 g/mol. The monoisotopic (exact) mass is 497 g/mol. The number of nitrogen functional groups attached to an aromatic ring is 1. The number of hydrogen-bond acceptors (Lipinski definition) is 7. The summed E-state index contributed by atoms with van der Waals surface area (Å²) in [5, 5.41) is 0. The van der Waals surface area contributed by atoms with E-state index in [0.29, 0.717) is 24.1 Å². The molecule has 0 radical (unpaired) electrons. The summed E-state index contributed by atoms with van der Waals surface area (Å²) in [6.45, 7) is 0. The van der Waals surface area contributed by atoms with Crippen LogP contribution in [0.4, 0.5) is 14.7 Å². The highest BCUT2D eigenvalue weighted by atomic mass is 32.2. The molecule has 180 valence electrons. The van der Waals surface area contributed by atoms with Crippen LogP contribution in [-0.2, 0) is 25.1 Å². The highest BCUT2D eigenvalue weighted by Gasteiger charge is 2.51. The predicted molar refractivity (Wildman–Crippen MR) is 124 cm³/mol. The number of rotatable bonds is 5. The molecule has 1 aromatic heterocycles. The summed E-state index contributed by atoms with van der Waals surface area (Å²) in [7, 11) is -4.34. The lowest BCUT2D eigenvalue weighted by Gasteiger charge is -2.22. The highest BCUT2D eigenvalue weighted by molar-refractivity contribution is 7.90. The predicted octanol–water partition coefficient (Wildman–Crippen LogP) is 4.09. The van der Waals surface area contributed by atoms with Crippen LogP contribution < -0.4 is 5.73 Å². The van der Waals surface area contributed by atoms with Gasteiger partial charge in [-0.3, -0.25) is 4.79 Å². The molecule has 10 heteroatoms. The standard InChI is InChI=1S/C25H21F2N3O4S/c26-17-7-4-8-18(27)22(17)35(32,33)14-15-5-3-6-16(13-15)20-21(19-9-12-29-24(28)30-19)34-25(23(20)31)10-1-2-11-25/h3-9,12-13H,1-2,10-11,14H2,(H2,28,29,30). The Labute approximate surface area is 200 Å². The topological polar surface area (TPSA) is 112 Å². The molecule has 5 rings (SSSR count). The third-order valence-electron chi connectivity index (χ3n) is 6.29. The number of nitrogens with zero attached hydrogens (tertiary/aromatic N) is 2.